The minimum Gasteiger partial charge on any atom is -0.431 e. The van der Waals surface area contributed by atoms with E-state index >= 15 is 0 Å². The third kappa shape index (κ3) is 4.82. The summed E-state index contributed by atoms with van der Waals surface area (Å²) in [5, 5.41) is 35.7. The maximum atomic E-state index is 13.2. The minimum absolute atomic E-state index is 0.0410. The third-order valence-electron chi connectivity index (χ3n) is 13.5. The lowest BCUT2D eigenvalue weighted by Gasteiger charge is -2.65. The van der Waals surface area contributed by atoms with Gasteiger partial charge in [-0.2, -0.15) is 0 Å². The van der Waals surface area contributed by atoms with E-state index in [9.17, 15) is 24.9 Å². The molecule has 0 bridgehead atoms. The van der Waals surface area contributed by atoms with Crippen LogP contribution in [0, 0.1) is 22.7 Å². The topological polar surface area (TPSA) is 154 Å². The number of carbonyl (C=O) groups is 1. The first-order chi connectivity index (χ1) is 21.9. The summed E-state index contributed by atoms with van der Waals surface area (Å²) < 4.78 is 35.5. The van der Waals surface area contributed by atoms with E-state index < -0.39 is 64.7 Å². The van der Waals surface area contributed by atoms with Crippen molar-refractivity contribution in [2.24, 2.45) is 22.7 Å². The normalized spacial score (nSPS) is 50.6. The molecule has 1 aromatic rings. The summed E-state index contributed by atoms with van der Waals surface area (Å²) in [7, 11) is 1.63. The number of aliphatic hydroxyl groups excluding tert-OH is 1. The highest BCUT2D eigenvalue weighted by Crippen LogP contribution is 2.71. The second-order valence-electron chi connectivity index (χ2n) is 15.4. The van der Waals surface area contributed by atoms with Gasteiger partial charge < -0.3 is 48.2 Å². The first-order valence-electron chi connectivity index (χ1n) is 17.2. The fourth-order valence-corrected chi connectivity index (χ4v) is 10.8. The van der Waals surface area contributed by atoms with E-state index in [1.807, 2.05) is 13.0 Å². The highest BCUT2D eigenvalue weighted by molar-refractivity contribution is 5.64. The first-order valence-corrected chi connectivity index (χ1v) is 17.2. The fraction of sp³-hybridized carbons (Fsp3) is 0.829. The van der Waals surface area contributed by atoms with Crippen LogP contribution in [0.3, 0.4) is 0 Å². The van der Waals surface area contributed by atoms with Gasteiger partial charge in [-0.05, 0) is 94.6 Å². The van der Waals surface area contributed by atoms with Gasteiger partial charge in [-0.3, -0.25) is 0 Å². The Labute approximate surface area is 269 Å². The van der Waals surface area contributed by atoms with Gasteiger partial charge in [-0.1, -0.05) is 6.92 Å². The molecule has 46 heavy (non-hydrogen) atoms. The van der Waals surface area contributed by atoms with Crippen LogP contribution in [0.25, 0.3) is 0 Å². The Morgan fingerprint density at radius 3 is 2.50 bits per heavy atom. The van der Waals surface area contributed by atoms with E-state index in [1.165, 1.54) is 12.3 Å². The molecular formula is C35H50O11. The summed E-state index contributed by atoms with van der Waals surface area (Å²) in [6.45, 7) is 5.85. The van der Waals surface area contributed by atoms with Crippen molar-refractivity contribution in [3.63, 3.8) is 0 Å². The average molecular weight is 647 g/mol. The number of fused-ring (bicyclic) bond motifs is 6. The van der Waals surface area contributed by atoms with Gasteiger partial charge in [-0.25, -0.2) is 4.79 Å². The van der Waals surface area contributed by atoms with Crippen molar-refractivity contribution in [3.8, 4) is 0 Å². The van der Waals surface area contributed by atoms with Crippen LogP contribution in [0.2, 0.25) is 0 Å². The largest absolute Gasteiger partial charge is 0.431 e. The van der Waals surface area contributed by atoms with Gasteiger partial charge in [0.25, 0.3) is 0 Å². The van der Waals surface area contributed by atoms with Crippen molar-refractivity contribution < 1.29 is 48.2 Å². The second kappa shape index (κ2) is 11.7. The Morgan fingerprint density at radius 1 is 1.02 bits per heavy atom. The van der Waals surface area contributed by atoms with Crippen LogP contribution < -0.4 is 5.63 Å². The maximum absolute atomic E-state index is 13.2. The molecule has 0 amide bonds. The molecule has 3 N–H and O–H groups in total. The SMILES string of the molecule is COC(C)CC1OC2C(OC3CCC4(C=O)C5CCC6(C)C(c7ccc(=O)oc7)CCC6(O)C5CCC4(O)C3)OC(C)C(O)C2O1. The quantitative estimate of drug-likeness (QED) is 0.296. The molecule has 15 unspecified atom stereocenters. The van der Waals surface area contributed by atoms with Crippen LogP contribution in [0.5, 0.6) is 0 Å². The van der Waals surface area contributed by atoms with Crippen molar-refractivity contribution in [2.75, 3.05) is 7.11 Å². The zero-order valence-corrected chi connectivity index (χ0v) is 27.3. The fourth-order valence-electron chi connectivity index (χ4n) is 10.8. The van der Waals surface area contributed by atoms with Crippen LogP contribution in [-0.2, 0) is 28.5 Å². The van der Waals surface area contributed by atoms with E-state index in [4.69, 9.17) is 28.1 Å². The Kier molecular flexibility index (Phi) is 8.37. The number of carbonyl (C=O) groups excluding carboxylic acids is 1. The molecule has 11 heteroatoms. The molecule has 3 heterocycles. The molecule has 2 saturated heterocycles. The van der Waals surface area contributed by atoms with Gasteiger partial charge in [0.05, 0.1) is 41.2 Å². The number of ether oxygens (including phenoxy) is 5. The average Bonchev–Trinajstić information content (AvgIpc) is 3.58. The van der Waals surface area contributed by atoms with Gasteiger partial charge in [0.2, 0.25) is 0 Å². The van der Waals surface area contributed by atoms with Crippen molar-refractivity contribution in [1.82, 2.24) is 0 Å². The lowest BCUT2D eigenvalue weighted by molar-refractivity contribution is -0.302. The van der Waals surface area contributed by atoms with Gasteiger partial charge in [0, 0.05) is 31.4 Å². The molecule has 1 aromatic heterocycles. The summed E-state index contributed by atoms with van der Waals surface area (Å²) in [6, 6.07) is 3.26. The standard InChI is InChI=1S/C35H50O11/c1-19(41-4)15-27-45-29-28(38)20(2)43-31(30(29)46-27)44-22-7-12-33(18-36)24-8-11-32(3)23(21-5-6-26(37)42-17-21)10-14-35(32,40)25(24)9-13-34(33,39)16-22/h5-6,17-20,22-25,27-31,38-40H,7-16H2,1-4H3. The Balaban J connectivity index is 1.08. The summed E-state index contributed by atoms with van der Waals surface area (Å²) in [5.74, 6) is -0.245. The monoisotopic (exact) mass is 646 g/mol. The highest BCUT2D eigenvalue weighted by atomic mass is 16.8. The lowest BCUT2D eigenvalue weighted by atomic mass is 9.41. The lowest BCUT2D eigenvalue weighted by Crippen LogP contribution is -2.69. The predicted octanol–water partition coefficient (Wildman–Crippen LogP) is 3.20. The van der Waals surface area contributed by atoms with Crippen LogP contribution in [-0.4, -0.2) is 89.1 Å². The van der Waals surface area contributed by atoms with E-state index in [2.05, 4.69) is 6.92 Å². The van der Waals surface area contributed by atoms with Crippen LogP contribution in [0.1, 0.15) is 96.5 Å². The van der Waals surface area contributed by atoms with Gasteiger partial charge in [0.1, 0.15) is 24.6 Å². The molecule has 0 aromatic carbocycles. The van der Waals surface area contributed by atoms with Crippen molar-refractivity contribution >= 4 is 6.29 Å². The molecule has 4 saturated carbocycles. The van der Waals surface area contributed by atoms with Gasteiger partial charge in [0.15, 0.2) is 12.6 Å². The Bertz CT molecular complexity index is 1330. The summed E-state index contributed by atoms with van der Waals surface area (Å²) in [6.07, 6.45) is 3.59. The number of hydrogen-bond acceptors (Lipinski definition) is 11. The third-order valence-corrected chi connectivity index (χ3v) is 13.5. The molecule has 7 rings (SSSR count). The Morgan fingerprint density at radius 2 is 1.78 bits per heavy atom. The highest BCUT2D eigenvalue weighted by Gasteiger charge is 2.71. The predicted molar refractivity (Wildman–Crippen MR) is 163 cm³/mol. The van der Waals surface area contributed by atoms with Crippen LogP contribution in [0.4, 0.5) is 0 Å². The van der Waals surface area contributed by atoms with Crippen molar-refractivity contribution in [2.45, 2.75) is 151 Å². The zero-order valence-electron chi connectivity index (χ0n) is 27.3. The van der Waals surface area contributed by atoms with Gasteiger partial charge >= 0.3 is 5.63 Å². The second-order valence-corrected chi connectivity index (χ2v) is 15.4. The molecule has 4 aliphatic carbocycles. The maximum Gasteiger partial charge on any atom is 0.335 e. The molecule has 15 atom stereocenters. The summed E-state index contributed by atoms with van der Waals surface area (Å²) >= 11 is 0. The first kappa shape index (κ1) is 32.8. The number of aldehydes is 1. The van der Waals surface area contributed by atoms with E-state index in [1.54, 1.807) is 14.0 Å². The molecule has 0 radical (unpaired) electrons. The van der Waals surface area contributed by atoms with Crippen molar-refractivity contribution in [3.05, 3.63) is 34.4 Å². The molecule has 2 aliphatic heterocycles. The number of hydrogen-bond donors (Lipinski definition) is 3. The molecular weight excluding hydrogens is 596 g/mol. The summed E-state index contributed by atoms with van der Waals surface area (Å²) in [5.41, 5.74) is -3.18. The van der Waals surface area contributed by atoms with E-state index in [0.717, 1.165) is 24.7 Å². The Hall–Kier alpha value is -1.70. The number of aliphatic hydroxyl groups is 3. The van der Waals surface area contributed by atoms with E-state index in [0.29, 0.717) is 44.9 Å². The number of rotatable bonds is 7. The zero-order chi connectivity index (χ0) is 32.6. The van der Waals surface area contributed by atoms with E-state index in [-0.39, 0.29) is 36.4 Å². The molecule has 11 nitrogen and oxygen atoms in total. The van der Waals surface area contributed by atoms with Crippen molar-refractivity contribution in [1.29, 1.82) is 0 Å². The van der Waals surface area contributed by atoms with Crippen LogP contribution in [0.15, 0.2) is 27.6 Å². The number of methoxy groups -OCH3 is 1. The molecule has 6 aliphatic rings. The molecule has 0 spiro atoms. The van der Waals surface area contributed by atoms with Crippen LogP contribution >= 0.6 is 0 Å². The van der Waals surface area contributed by atoms with Gasteiger partial charge in [-0.15, -0.1) is 0 Å². The summed E-state index contributed by atoms with van der Waals surface area (Å²) in [4.78, 5) is 24.9. The molecule has 6 fully saturated rings. The molecule has 256 valence electrons. The minimum atomic E-state index is -1.29. The smallest absolute Gasteiger partial charge is 0.335 e.